The lowest BCUT2D eigenvalue weighted by molar-refractivity contribution is -0.151. The Bertz CT molecular complexity index is 539. The Hall–Kier alpha value is -1.82. The van der Waals surface area contributed by atoms with Crippen LogP contribution in [-0.4, -0.2) is 29.8 Å². The molecule has 1 unspecified atom stereocenters. The summed E-state index contributed by atoms with van der Waals surface area (Å²) in [6.07, 6.45) is 2.35. The van der Waals surface area contributed by atoms with Gasteiger partial charge in [0, 0.05) is 6.08 Å². The first-order valence-corrected chi connectivity index (χ1v) is 7.31. The van der Waals surface area contributed by atoms with Gasteiger partial charge in [0.25, 0.3) is 0 Å². The van der Waals surface area contributed by atoms with Crippen molar-refractivity contribution in [1.82, 2.24) is 0 Å². The van der Waals surface area contributed by atoms with Crippen LogP contribution >= 0.6 is 15.9 Å². The maximum atomic E-state index is 11.7. The number of carbonyl (C=O) groups is 2. The molecule has 6 heteroatoms. The molecular formula is C15H17BrO5. The molecule has 21 heavy (non-hydrogen) atoms. The van der Waals surface area contributed by atoms with Gasteiger partial charge in [0.05, 0.1) is 11.1 Å². The van der Waals surface area contributed by atoms with Crippen molar-refractivity contribution >= 4 is 33.9 Å². The summed E-state index contributed by atoms with van der Waals surface area (Å²) >= 11 is 3.34. The quantitative estimate of drug-likeness (QED) is 0.599. The van der Waals surface area contributed by atoms with Gasteiger partial charge in [0.1, 0.15) is 5.75 Å². The van der Waals surface area contributed by atoms with Gasteiger partial charge in [-0.3, -0.25) is 0 Å². The van der Waals surface area contributed by atoms with E-state index in [1.54, 1.807) is 25.1 Å². The van der Waals surface area contributed by atoms with Crippen LogP contribution in [-0.2, 0) is 14.3 Å². The minimum Gasteiger partial charge on any atom is -0.478 e. The zero-order valence-corrected chi connectivity index (χ0v) is 13.4. The van der Waals surface area contributed by atoms with Crippen molar-refractivity contribution in [3.05, 3.63) is 34.3 Å². The molecule has 0 fully saturated rings. The molecule has 1 rings (SSSR count). The van der Waals surface area contributed by atoms with Crippen LogP contribution in [0.3, 0.4) is 0 Å². The van der Waals surface area contributed by atoms with Gasteiger partial charge < -0.3 is 14.6 Å². The summed E-state index contributed by atoms with van der Waals surface area (Å²) in [5.74, 6) is -0.913. The number of halogens is 1. The molecule has 0 amide bonds. The molecule has 0 aliphatic rings. The molecule has 114 valence electrons. The monoisotopic (exact) mass is 356 g/mol. The summed E-state index contributed by atoms with van der Waals surface area (Å²) in [4.78, 5) is 22.2. The molecule has 1 atom stereocenters. The lowest BCUT2D eigenvalue weighted by atomic mass is 10.2. The fourth-order valence-electron chi connectivity index (χ4n) is 1.57. The molecule has 1 N–H and O–H groups in total. The van der Waals surface area contributed by atoms with Crippen LogP contribution in [0.25, 0.3) is 6.08 Å². The number of hydrogen-bond donors (Lipinski definition) is 1. The second-order valence-electron chi connectivity index (χ2n) is 4.13. The van der Waals surface area contributed by atoms with E-state index >= 15 is 0 Å². The van der Waals surface area contributed by atoms with Gasteiger partial charge in [0.2, 0.25) is 0 Å². The van der Waals surface area contributed by atoms with Gasteiger partial charge in [0.15, 0.2) is 6.10 Å². The average Bonchev–Trinajstić information content (AvgIpc) is 2.44. The number of ether oxygens (including phenoxy) is 2. The Morgan fingerprint density at radius 3 is 2.62 bits per heavy atom. The summed E-state index contributed by atoms with van der Waals surface area (Å²) in [6, 6.07) is 5.09. The van der Waals surface area contributed by atoms with E-state index in [2.05, 4.69) is 15.9 Å². The lowest BCUT2D eigenvalue weighted by Gasteiger charge is -2.17. The van der Waals surface area contributed by atoms with Crippen molar-refractivity contribution in [3.8, 4) is 5.75 Å². The molecule has 5 nitrogen and oxygen atoms in total. The fourth-order valence-corrected chi connectivity index (χ4v) is 2.06. The Morgan fingerprint density at radius 2 is 2.10 bits per heavy atom. The maximum Gasteiger partial charge on any atom is 0.347 e. The van der Waals surface area contributed by atoms with Gasteiger partial charge in [-0.15, -0.1) is 0 Å². The topological polar surface area (TPSA) is 72.8 Å². The van der Waals surface area contributed by atoms with Crippen LogP contribution in [0, 0.1) is 0 Å². The van der Waals surface area contributed by atoms with Crippen molar-refractivity contribution < 1.29 is 24.2 Å². The normalized spacial score (nSPS) is 12.1. The van der Waals surface area contributed by atoms with Crippen LogP contribution in [0.1, 0.15) is 25.8 Å². The zero-order chi connectivity index (χ0) is 15.8. The zero-order valence-electron chi connectivity index (χ0n) is 11.8. The van der Waals surface area contributed by atoms with Crippen molar-refractivity contribution in [2.45, 2.75) is 26.4 Å². The molecule has 0 aromatic heterocycles. The molecule has 0 bridgehead atoms. The van der Waals surface area contributed by atoms with E-state index in [9.17, 15) is 9.59 Å². The first kappa shape index (κ1) is 17.2. The van der Waals surface area contributed by atoms with Crippen LogP contribution in [0.5, 0.6) is 5.75 Å². The SMILES string of the molecule is CCOC(=O)C(CC)Oc1ccc(C=CC(=O)O)cc1Br. The van der Waals surface area contributed by atoms with Crippen molar-refractivity contribution in [1.29, 1.82) is 0 Å². The summed E-state index contributed by atoms with van der Waals surface area (Å²) in [6.45, 7) is 3.88. The number of aliphatic carboxylic acids is 1. The Labute approximate surface area is 131 Å². The number of benzene rings is 1. The molecule has 0 aliphatic carbocycles. The molecule has 1 aromatic carbocycles. The molecule has 1 aromatic rings. The summed E-state index contributed by atoms with van der Waals surface area (Å²) in [7, 11) is 0. The Balaban J connectivity index is 2.84. The molecule has 0 saturated carbocycles. The van der Waals surface area contributed by atoms with Gasteiger partial charge in [-0.1, -0.05) is 13.0 Å². The smallest absolute Gasteiger partial charge is 0.347 e. The number of rotatable bonds is 7. The summed E-state index contributed by atoms with van der Waals surface area (Å²) in [5.41, 5.74) is 0.709. The first-order chi connectivity index (χ1) is 9.97. The number of hydrogen-bond acceptors (Lipinski definition) is 4. The minimum atomic E-state index is -1.01. The Morgan fingerprint density at radius 1 is 1.38 bits per heavy atom. The molecular weight excluding hydrogens is 340 g/mol. The highest BCUT2D eigenvalue weighted by molar-refractivity contribution is 9.10. The average molecular weight is 357 g/mol. The van der Waals surface area contributed by atoms with E-state index < -0.39 is 18.0 Å². The van der Waals surface area contributed by atoms with Gasteiger partial charge >= 0.3 is 11.9 Å². The predicted octanol–water partition coefficient (Wildman–Crippen LogP) is 3.27. The highest BCUT2D eigenvalue weighted by Crippen LogP contribution is 2.28. The summed E-state index contributed by atoms with van der Waals surface area (Å²) in [5, 5.41) is 8.59. The number of carbonyl (C=O) groups excluding carboxylic acids is 1. The molecule has 0 radical (unpaired) electrons. The second-order valence-corrected chi connectivity index (χ2v) is 4.98. The van der Waals surface area contributed by atoms with Crippen LogP contribution in [0.4, 0.5) is 0 Å². The van der Waals surface area contributed by atoms with Gasteiger partial charge in [-0.05, 0) is 53.0 Å². The minimum absolute atomic E-state index is 0.304. The van der Waals surface area contributed by atoms with E-state index in [-0.39, 0.29) is 0 Å². The van der Waals surface area contributed by atoms with Gasteiger partial charge in [-0.25, -0.2) is 9.59 Å². The largest absolute Gasteiger partial charge is 0.478 e. The fraction of sp³-hybridized carbons (Fsp3) is 0.333. The molecule has 0 aliphatic heterocycles. The molecule has 0 spiro atoms. The van der Waals surface area contributed by atoms with Crippen molar-refractivity contribution in [3.63, 3.8) is 0 Å². The Kier molecular flexibility index (Phi) is 6.94. The standard InChI is InChI=1S/C15H17BrO5/c1-3-12(15(19)20-4-2)21-13-7-5-10(9-11(13)16)6-8-14(17)18/h5-9,12H,3-4H2,1-2H3,(H,17,18). The third kappa shape index (κ3) is 5.59. The third-order valence-corrected chi connectivity index (χ3v) is 3.18. The molecule has 0 heterocycles. The van der Waals surface area contributed by atoms with Crippen molar-refractivity contribution in [2.75, 3.05) is 6.61 Å². The lowest BCUT2D eigenvalue weighted by Crippen LogP contribution is -2.28. The van der Waals surface area contributed by atoms with Crippen LogP contribution in [0.2, 0.25) is 0 Å². The van der Waals surface area contributed by atoms with E-state index in [0.717, 1.165) is 6.08 Å². The summed E-state index contributed by atoms with van der Waals surface area (Å²) < 4.78 is 11.2. The third-order valence-electron chi connectivity index (χ3n) is 2.56. The number of carboxylic acids is 1. The predicted molar refractivity (Wildman–Crippen MR) is 82.2 cm³/mol. The van der Waals surface area contributed by atoms with E-state index in [4.69, 9.17) is 14.6 Å². The van der Waals surface area contributed by atoms with E-state index in [0.29, 0.717) is 28.8 Å². The number of carboxylic acid groups (broad SMARTS) is 1. The second kappa shape index (κ2) is 8.46. The number of esters is 1. The van der Waals surface area contributed by atoms with E-state index in [1.807, 2.05) is 6.92 Å². The van der Waals surface area contributed by atoms with Crippen molar-refractivity contribution in [2.24, 2.45) is 0 Å². The van der Waals surface area contributed by atoms with Crippen LogP contribution < -0.4 is 4.74 Å². The highest BCUT2D eigenvalue weighted by Gasteiger charge is 2.20. The van der Waals surface area contributed by atoms with Crippen LogP contribution in [0.15, 0.2) is 28.7 Å². The maximum absolute atomic E-state index is 11.7. The molecule has 0 saturated heterocycles. The first-order valence-electron chi connectivity index (χ1n) is 6.51. The van der Waals surface area contributed by atoms with E-state index in [1.165, 1.54) is 6.08 Å². The highest BCUT2D eigenvalue weighted by atomic mass is 79.9. The van der Waals surface area contributed by atoms with Gasteiger partial charge in [-0.2, -0.15) is 0 Å².